The number of benzene rings is 1. The summed E-state index contributed by atoms with van der Waals surface area (Å²) in [6, 6.07) is 7.17. The summed E-state index contributed by atoms with van der Waals surface area (Å²) in [6.45, 7) is 0.376. The highest BCUT2D eigenvalue weighted by molar-refractivity contribution is 5.64. The zero-order valence-electron chi connectivity index (χ0n) is 11.7. The molecule has 0 fully saturated rings. The van der Waals surface area contributed by atoms with Crippen molar-refractivity contribution in [3.8, 4) is 22.8 Å². The molecule has 0 bridgehead atoms. The van der Waals surface area contributed by atoms with E-state index in [-0.39, 0.29) is 19.3 Å². The van der Waals surface area contributed by atoms with Gasteiger partial charge in [0.2, 0.25) is 6.79 Å². The molecule has 1 aliphatic rings. The zero-order chi connectivity index (χ0) is 15.8. The molecule has 1 aromatic carbocycles. The average molecular weight is 314 g/mol. The van der Waals surface area contributed by atoms with Crippen molar-refractivity contribution in [3.63, 3.8) is 0 Å². The van der Waals surface area contributed by atoms with Gasteiger partial charge >= 0.3 is 5.95 Å². The number of hydrogen-bond donors (Lipinski definition) is 0. The molecule has 3 aromatic rings. The molecule has 1 aliphatic heterocycles. The number of nitrogens with zero attached hydrogens (tertiary/aromatic N) is 4. The molecule has 0 saturated heterocycles. The summed E-state index contributed by atoms with van der Waals surface area (Å²) in [4.78, 5) is 14.0. The van der Waals surface area contributed by atoms with Crippen LogP contribution in [0, 0.1) is 10.1 Å². The Balaban J connectivity index is 1.59. The fourth-order valence-electron chi connectivity index (χ4n) is 2.34. The van der Waals surface area contributed by atoms with Crippen molar-refractivity contribution in [1.29, 1.82) is 0 Å². The van der Waals surface area contributed by atoms with Crippen LogP contribution in [0.5, 0.6) is 11.5 Å². The predicted molar refractivity (Wildman–Crippen MR) is 76.0 cm³/mol. The summed E-state index contributed by atoms with van der Waals surface area (Å²) < 4.78 is 17.2. The van der Waals surface area contributed by atoms with Crippen LogP contribution in [0.4, 0.5) is 5.95 Å². The molecule has 0 spiro atoms. The second-order valence-electron chi connectivity index (χ2n) is 4.86. The van der Waals surface area contributed by atoms with Crippen LogP contribution in [0.25, 0.3) is 11.3 Å². The number of fused-ring (bicyclic) bond motifs is 1. The number of ether oxygens (including phenoxy) is 2. The van der Waals surface area contributed by atoms with Crippen molar-refractivity contribution < 1.29 is 18.9 Å². The molecule has 0 aliphatic carbocycles. The minimum atomic E-state index is -0.547. The van der Waals surface area contributed by atoms with E-state index in [1.54, 1.807) is 12.1 Å². The Morgan fingerprint density at radius 3 is 3.00 bits per heavy atom. The molecular weight excluding hydrogens is 304 g/mol. The minimum absolute atomic E-state index is 0.174. The second kappa shape index (κ2) is 5.13. The molecule has 0 amide bonds. The third-order valence-corrected chi connectivity index (χ3v) is 3.41. The van der Waals surface area contributed by atoms with Gasteiger partial charge in [0, 0.05) is 11.6 Å². The Morgan fingerprint density at radius 2 is 2.13 bits per heavy atom. The summed E-state index contributed by atoms with van der Waals surface area (Å²) in [5.74, 6) is 1.58. The van der Waals surface area contributed by atoms with Crippen LogP contribution in [0.3, 0.4) is 0 Å². The summed E-state index contributed by atoms with van der Waals surface area (Å²) in [7, 11) is 0. The van der Waals surface area contributed by atoms with E-state index < -0.39 is 4.92 Å². The fraction of sp³-hybridized carbons (Fsp3) is 0.143. The highest BCUT2D eigenvalue weighted by Crippen LogP contribution is 2.35. The molecule has 116 valence electrons. The quantitative estimate of drug-likeness (QED) is 0.537. The lowest BCUT2D eigenvalue weighted by Crippen LogP contribution is -2.03. The van der Waals surface area contributed by atoms with Crippen molar-refractivity contribution in [1.82, 2.24) is 14.7 Å². The topological polar surface area (TPSA) is 105 Å². The van der Waals surface area contributed by atoms with Gasteiger partial charge in [0.25, 0.3) is 0 Å². The van der Waals surface area contributed by atoms with Gasteiger partial charge in [-0.05, 0) is 23.1 Å². The molecule has 2 aromatic heterocycles. The van der Waals surface area contributed by atoms with Crippen molar-refractivity contribution >= 4 is 5.95 Å². The Kier molecular flexibility index (Phi) is 2.97. The van der Waals surface area contributed by atoms with E-state index >= 15 is 0 Å². The lowest BCUT2D eigenvalue weighted by atomic mass is 10.1. The first kappa shape index (κ1) is 13.3. The second-order valence-corrected chi connectivity index (χ2v) is 4.86. The van der Waals surface area contributed by atoms with Crippen LogP contribution in [-0.4, -0.2) is 26.4 Å². The lowest BCUT2D eigenvalue weighted by Gasteiger charge is -1.98. The molecule has 0 unspecified atom stereocenters. The van der Waals surface area contributed by atoms with Crippen molar-refractivity contribution in [2.45, 2.75) is 6.54 Å². The van der Waals surface area contributed by atoms with Gasteiger partial charge in [0.05, 0.1) is 0 Å². The minimum Gasteiger partial charge on any atom is -0.454 e. The molecule has 23 heavy (non-hydrogen) atoms. The Morgan fingerprint density at radius 1 is 1.26 bits per heavy atom. The largest absolute Gasteiger partial charge is 0.454 e. The summed E-state index contributed by atoms with van der Waals surface area (Å²) >= 11 is 0. The molecule has 0 N–H and O–H groups in total. The maximum Gasteiger partial charge on any atom is 0.434 e. The van der Waals surface area contributed by atoms with Crippen LogP contribution in [0.1, 0.15) is 5.76 Å². The Hall–Kier alpha value is -3.36. The van der Waals surface area contributed by atoms with E-state index in [2.05, 4.69) is 10.1 Å². The average Bonchev–Trinajstić information content (AvgIpc) is 3.26. The highest BCUT2D eigenvalue weighted by atomic mass is 16.7. The first-order valence-electron chi connectivity index (χ1n) is 6.72. The van der Waals surface area contributed by atoms with Gasteiger partial charge in [-0.25, -0.2) is 4.57 Å². The maximum absolute atomic E-state index is 10.9. The summed E-state index contributed by atoms with van der Waals surface area (Å²) in [5.41, 5.74) is 1.42. The molecule has 4 rings (SSSR count). The van der Waals surface area contributed by atoms with Crippen LogP contribution in [-0.2, 0) is 6.54 Å². The van der Waals surface area contributed by atoms with E-state index in [9.17, 15) is 10.1 Å². The smallest absolute Gasteiger partial charge is 0.434 e. The van der Waals surface area contributed by atoms with Crippen LogP contribution < -0.4 is 9.47 Å². The van der Waals surface area contributed by atoms with E-state index in [1.165, 1.54) is 17.0 Å². The predicted octanol–water partition coefficient (Wildman–Crippen LogP) is 2.22. The first-order valence-corrected chi connectivity index (χ1v) is 6.72. The van der Waals surface area contributed by atoms with Gasteiger partial charge in [-0.3, -0.25) is 0 Å². The van der Waals surface area contributed by atoms with Crippen molar-refractivity contribution in [2.75, 3.05) is 6.79 Å². The van der Waals surface area contributed by atoms with E-state index in [1.807, 2.05) is 12.1 Å². The summed E-state index contributed by atoms with van der Waals surface area (Å²) in [6.07, 6.45) is 2.88. The number of nitro groups is 1. The van der Waals surface area contributed by atoms with E-state index in [0.717, 1.165) is 5.56 Å². The number of rotatable bonds is 4. The van der Waals surface area contributed by atoms with Gasteiger partial charge < -0.3 is 24.1 Å². The lowest BCUT2D eigenvalue weighted by molar-refractivity contribution is -0.396. The normalized spacial score (nSPS) is 12.5. The van der Waals surface area contributed by atoms with Crippen molar-refractivity contribution in [2.24, 2.45) is 0 Å². The van der Waals surface area contributed by atoms with Crippen LogP contribution >= 0.6 is 0 Å². The highest BCUT2D eigenvalue weighted by Gasteiger charge is 2.18. The molecule has 9 heteroatoms. The van der Waals surface area contributed by atoms with Gasteiger partial charge in [0.1, 0.15) is 24.6 Å². The molecule has 3 heterocycles. The molecule has 0 atom stereocenters. The van der Waals surface area contributed by atoms with Gasteiger partial charge in [-0.2, -0.15) is 0 Å². The molecule has 0 radical (unpaired) electrons. The fourth-order valence-corrected chi connectivity index (χ4v) is 2.34. The third kappa shape index (κ3) is 2.37. The molecular formula is C14H10N4O5. The van der Waals surface area contributed by atoms with Gasteiger partial charge in [-0.15, -0.1) is 0 Å². The molecule has 9 nitrogen and oxygen atoms in total. The number of aromatic nitrogens is 3. The molecule has 0 saturated carbocycles. The first-order chi connectivity index (χ1) is 11.2. The SMILES string of the molecule is O=[N+]([O-])c1nccn1Cc1cc(-c2ccc3c(c2)OCO3)no1. The van der Waals surface area contributed by atoms with Gasteiger partial charge in [-0.1, -0.05) is 10.1 Å². The Labute approximate surface area is 129 Å². The van der Waals surface area contributed by atoms with E-state index in [0.29, 0.717) is 23.0 Å². The standard InChI is InChI=1S/C14H10N4O5/c19-18(20)14-15-3-4-17(14)7-10-6-11(16-23-10)9-1-2-12-13(5-9)22-8-21-12/h1-6H,7-8H2. The monoisotopic (exact) mass is 314 g/mol. The third-order valence-electron chi connectivity index (χ3n) is 3.41. The number of hydrogen-bond acceptors (Lipinski definition) is 7. The van der Waals surface area contributed by atoms with Crippen LogP contribution in [0.2, 0.25) is 0 Å². The summed E-state index contributed by atoms with van der Waals surface area (Å²) in [5, 5.41) is 14.9. The van der Waals surface area contributed by atoms with E-state index in [4.69, 9.17) is 14.0 Å². The zero-order valence-corrected chi connectivity index (χ0v) is 11.7. The number of imidazole rings is 1. The Bertz CT molecular complexity index is 885. The maximum atomic E-state index is 10.9. The van der Waals surface area contributed by atoms with Gasteiger partial charge in [0.15, 0.2) is 17.3 Å². The van der Waals surface area contributed by atoms with Crippen LogP contribution in [0.15, 0.2) is 41.2 Å². The van der Waals surface area contributed by atoms with Crippen molar-refractivity contribution in [3.05, 3.63) is 52.5 Å².